The van der Waals surface area contributed by atoms with Crippen molar-refractivity contribution in [3.63, 3.8) is 0 Å². The number of rotatable bonds is 2. The van der Waals surface area contributed by atoms with Gasteiger partial charge in [-0.15, -0.1) is 0 Å². The summed E-state index contributed by atoms with van der Waals surface area (Å²) in [6, 6.07) is 2.79. The lowest BCUT2D eigenvalue weighted by Gasteiger charge is -2.28. The van der Waals surface area contributed by atoms with Gasteiger partial charge in [0.05, 0.1) is 17.5 Å². The van der Waals surface area contributed by atoms with E-state index in [1.807, 2.05) is 0 Å². The van der Waals surface area contributed by atoms with Crippen LogP contribution in [0.5, 0.6) is 0 Å². The monoisotopic (exact) mass is 357 g/mol. The molecule has 9 heteroatoms. The van der Waals surface area contributed by atoms with Crippen molar-refractivity contribution in [2.75, 3.05) is 13.1 Å². The quantitative estimate of drug-likeness (QED) is 0.796. The molecule has 3 rings (SSSR count). The van der Waals surface area contributed by atoms with E-state index < -0.39 is 23.7 Å². The number of imidazole rings is 1. The molecule has 0 spiro atoms. The Bertz CT molecular complexity index is 780. The molecular weight excluding hydrogens is 342 g/mol. The minimum absolute atomic E-state index is 0.00637. The summed E-state index contributed by atoms with van der Waals surface area (Å²) in [6.07, 6.45) is -3.17. The first-order valence-corrected chi connectivity index (χ1v) is 7.65. The van der Waals surface area contributed by atoms with Crippen LogP contribution in [0.1, 0.15) is 30.1 Å². The first kappa shape index (κ1) is 17.2. The van der Waals surface area contributed by atoms with Gasteiger partial charge in [-0.25, -0.2) is 14.2 Å². The highest BCUT2D eigenvalue weighted by atomic mass is 19.4. The molecule has 134 valence electrons. The number of aromatic amines is 1. The van der Waals surface area contributed by atoms with Gasteiger partial charge < -0.3 is 15.0 Å². The molecule has 0 aliphatic carbocycles. The molecule has 1 amide bonds. The molecule has 1 aliphatic heterocycles. The maximum Gasteiger partial charge on any atom is 0.419 e. The molecule has 0 radical (unpaired) electrons. The van der Waals surface area contributed by atoms with Crippen molar-refractivity contribution >= 4 is 6.09 Å². The topological polar surface area (TPSA) is 69.2 Å². The Morgan fingerprint density at radius 3 is 2.56 bits per heavy atom. The van der Waals surface area contributed by atoms with Crippen LogP contribution in [0.4, 0.5) is 22.4 Å². The van der Waals surface area contributed by atoms with Crippen LogP contribution in [0.2, 0.25) is 0 Å². The number of H-pyrrole nitrogens is 1. The van der Waals surface area contributed by atoms with Gasteiger partial charge in [-0.3, -0.25) is 0 Å². The van der Waals surface area contributed by atoms with E-state index in [9.17, 15) is 22.4 Å². The molecule has 1 aliphatic rings. The minimum atomic E-state index is -4.77. The number of hydrogen-bond donors (Lipinski definition) is 2. The number of aromatic nitrogens is 2. The van der Waals surface area contributed by atoms with Crippen molar-refractivity contribution in [3.8, 4) is 11.3 Å². The van der Waals surface area contributed by atoms with E-state index in [1.165, 1.54) is 17.2 Å². The summed E-state index contributed by atoms with van der Waals surface area (Å²) in [6.45, 7) is 0.760. The lowest BCUT2D eigenvalue weighted by molar-refractivity contribution is -0.139. The minimum Gasteiger partial charge on any atom is -0.465 e. The largest absolute Gasteiger partial charge is 0.465 e. The van der Waals surface area contributed by atoms with Gasteiger partial charge in [0, 0.05) is 24.6 Å². The predicted octanol–water partition coefficient (Wildman–Crippen LogP) is 4.09. The number of hydrogen-bond acceptors (Lipinski definition) is 2. The maximum atomic E-state index is 13.4. The van der Waals surface area contributed by atoms with Crippen molar-refractivity contribution in [1.82, 2.24) is 14.9 Å². The summed E-state index contributed by atoms with van der Waals surface area (Å²) in [5.41, 5.74) is -0.771. The molecule has 1 aromatic heterocycles. The lowest BCUT2D eigenvalue weighted by Crippen LogP contribution is -2.37. The second kappa shape index (κ2) is 6.38. The molecule has 5 nitrogen and oxygen atoms in total. The summed E-state index contributed by atoms with van der Waals surface area (Å²) < 4.78 is 51.9. The highest BCUT2D eigenvalue weighted by molar-refractivity contribution is 5.65. The highest BCUT2D eigenvalue weighted by Crippen LogP contribution is 2.34. The Hall–Kier alpha value is -2.58. The molecule has 25 heavy (non-hydrogen) atoms. The van der Waals surface area contributed by atoms with Gasteiger partial charge in [-0.05, 0) is 31.0 Å². The molecule has 1 aromatic carbocycles. The van der Waals surface area contributed by atoms with Gasteiger partial charge in [0.1, 0.15) is 11.6 Å². The van der Waals surface area contributed by atoms with Crippen molar-refractivity contribution in [2.24, 2.45) is 0 Å². The SMILES string of the molecule is O=C(O)N1CCC(c2ncc(-c3ccc(F)c(C(F)(F)F)c3)[nH]2)CC1. The molecule has 0 atom stereocenters. The Morgan fingerprint density at radius 2 is 1.96 bits per heavy atom. The molecule has 2 N–H and O–H groups in total. The number of piperidine rings is 1. The number of nitrogens with zero attached hydrogens (tertiary/aromatic N) is 2. The van der Waals surface area contributed by atoms with Crippen molar-refractivity contribution in [3.05, 3.63) is 41.6 Å². The van der Waals surface area contributed by atoms with E-state index in [4.69, 9.17) is 5.11 Å². The van der Waals surface area contributed by atoms with E-state index in [0.717, 1.165) is 12.1 Å². The molecule has 0 bridgehead atoms. The molecular formula is C16H15F4N3O2. The van der Waals surface area contributed by atoms with Crippen LogP contribution >= 0.6 is 0 Å². The third kappa shape index (κ3) is 3.59. The second-order valence-corrected chi connectivity index (χ2v) is 5.92. The Morgan fingerprint density at radius 1 is 1.28 bits per heavy atom. The highest BCUT2D eigenvalue weighted by Gasteiger charge is 2.34. The molecule has 1 saturated heterocycles. The Labute approximate surface area is 140 Å². The van der Waals surface area contributed by atoms with Crippen LogP contribution in [-0.2, 0) is 6.18 Å². The van der Waals surface area contributed by atoms with E-state index >= 15 is 0 Å². The number of benzene rings is 1. The van der Waals surface area contributed by atoms with E-state index in [2.05, 4.69) is 9.97 Å². The lowest BCUT2D eigenvalue weighted by atomic mass is 9.96. The fourth-order valence-corrected chi connectivity index (χ4v) is 2.95. The zero-order valence-electron chi connectivity index (χ0n) is 13.0. The van der Waals surface area contributed by atoms with Crippen molar-refractivity contribution in [1.29, 1.82) is 0 Å². The summed E-state index contributed by atoms with van der Waals surface area (Å²) in [5.74, 6) is -0.721. The number of carbonyl (C=O) groups is 1. The van der Waals surface area contributed by atoms with Gasteiger partial charge in [0.25, 0.3) is 0 Å². The van der Waals surface area contributed by atoms with Crippen LogP contribution in [0, 0.1) is 5.82 Å². The smallest absolute Gasteiger partial charge is 0.419 e. The number of likely N-dealkylation sites (tertiary alicyclic amines) is 1. The number of carboxylic acid groups (broad SMARTS) is 1. The van der Waals surface area contributed by atoms with Crippen LogP contribution < -0.4 is 0 Å². The van der Waals surface area contributed by atoms with Crippen LogP contribution in [0.3, 0.4) is 0 Å². The van der Waals surface area contributed by atoms with Gasteiger partial charge in [-0.1, -0.05) is 0 Å². The van der Waals surface area contributed by atoms with Crippen molar-refractivity contribution in [2.45, 2.75) is 24.9 Å². The van der Waals surface area contributed by atoms with E-state index in [0.29, 0.717) is 37.4 Å². The average Bonchev–Trinajstić information content (AvgIpc) is 3.04. The summed E-state index contributed by atoms with van der Waals surface area (Å²) in [4.78, 5) is 19.4. The van der Waals surface area contributed by atoms with Crippen molar-refractivity contribution < 1.29 is 27.5 Å². The van der Waals surface area contributed by atoms with E-state index in [1.54, 1.807) is 0 Å². The van der Waals surface area contributed by atoms with E-state index in [-0.39, 0.29) is 11.5 Å². The maximum absolute atomic E-state index is 13.4. The summed E-state index contributed by atoms with van der Waals surface area (Å²) >= 11 is 0. The first-order valence-electron chi connectivity index (χ1n) is 7.65. The first-order chi connectivity index (χ1) is 11.8. The summed E-state index contributed by atoms with van der Waals surface area (Å²) in [5, 5.41) is 8.94. The standard InChI is InChI=1S/C16H15F4N3O2/c17-12-2-1-10(7-11(12)16(18,19)20)13-8-21-14(22-13)9-3-5-23(6-4-9)15(24)25/h1-2,7-9H,3-6H2,(H,21,22)(H,24,25). The number of alkyl halides is 3. The molecule has 0 unspecified atom stereocenters. The van der Waals surface area contributed by atoms with Crippen LogP contribution in [-0.4, -0.2) is 39.2 Å². The number of halogens is 4. The van der Waals surface area contributed by atoms with Gasteiger partial charge in [0.2, 0.25) is 0 Å². The fraction of sp³-hybridized carbons (Fsp3) is 0.375. The number of amides is 1. The second-order valence-electron chi connectivity index (χ2n) is 5.92. The van der Waals surface area contributed by atoms with Crippen LogP contribution in [0.15, 0.2) is 24.4 Å². The third-order valence-electron chi connectivity index (χ3n) is 4.33. The van der Waals surface area contributed by atoms with Gasteiger partial charge in [-0.2, -0.15) is 13.2 Å². The van der Waals surface area contributed by atoms with Crippen LogP contribution in [0.25, 0.3) is 11.3 Å². The normalized spacial score (nSPS) is 16.2. The zero-order chi connectivity index (χ0) is 18.2. The molecule has 1 fully saturated rings. The third-order valence-corrected chi connectivity index (χ3v) is 4.33. The summed E-state index contributed by atoms with van der Waals surface area (Å²) in [7, 11) is 0. The Balaban J connectivity index is 1.80. The Kier molecular flexibility index (Phi) is 4.40. The zero-order valence-corrected chi connectivity index (χ0v) is 13.0. The number of nitrogens with one attached hydrogen (secondary N) is 1. The fourth-order valence-electron chi connectivity index (χ4n) is 2.95. The van der Waals surface area contributed by atoms with Gasteiger partial charge in [0.15, 0.2) is 0 Å². The average molecular weight is 357 g/mol. The molecule has 0 saturated carbocycles. The predicted molar refractivity (Wildman–Crippen MR) is 80.6 cm³/mol. The molecule has 2 aromatic rings. The molecule has 2 heterocycles. The van der Waals surface area contributed by atoms with Gasteiger partial charge >= 0.3 is 12.3 Å².